The molecule has 0 spiro atoms. The Kier molecular flexibility index (Phi) is 5.81. The number of hydrogen-bond donors (Lipinski definition) is 0. The van der Waals surface area contributed by atoms with Crippen molar-refractivity contribution >= 4 is 29.6 Å². The van der Waals surface area contributed by atoms with Crippen molar-refractivity contribution in [3.05, 3.63) is 70.3 Å². The third-order valence-electron chi connectivity index (χ3n) is 4.53. The van der Waals surface area contributed by atoms with Gasteiger partial charge in [0.25, 0.3) is 5.91 Å². The molecule has 140 valence electrons. The molecule has 1 amide bonds. The molecule has 0 saturated heterocycles. The highest BCUT2D eigenvalue weighted by atomic mass is 35.5. The van der Waals surface area contributed by atoms with Crippen molar-refractivity contribution in [2.45, 2.75) is 13.0 Å². The maximum atomic E-state index is 12.4. The van der Waals surface area contributed by atoms with Crippen LogP contribution in [0.4, 0.5) is 0 Å². The molecule has 1 atom stereocenters. The predicted molar refractivity (Wildman–Crippen MR) is 104 cm³/mol. The first kappa shape index (κ1) is 19.0. The van der Waals surface area contributed by atoms with E-state index in [2.05, 4.69) is 0 Å². The Bertz CT molecular complexity index is 879. The Morgan fingerprint density at radius 1 is 1.22 bits per heavy atom. The second kappa shape index (κ2) is 8.27. The number of halogens is 1. The van der Waals surface area contributed by atoms with Crippen molar-refractivity contribution < 1.29 is 19.1 Å². The highest BCUT2D eigenvalue weighted by Crippen LogP contribution is 2.29. The topological polar surface area (TPSA) is 55.8 Å². The fourth-order valence-electron chi connectivity index (χ4n) is 2.76. The summed E-state index contributed by atoms with van der Waals surface area (Å²) in [4.78, 5) is 26.2. The molecular weight excluding hydrogens is 366 g/mol. The maximum Gasteiger partial charge on any atom is 0.338 e. The first-order valence-electron chi connectivity index (χ1n) is 8.56. The molecule has 0 N–H and O–H groups in total. The lowest BCUT2D eigenvalue weighted by atomic mass is 10.1. The minimum Gasteiger partial charge on any atom is -0.488 e. The van der Waals surface area contributed by atoms with Gasteiger partial charge >= 0.3 is 5.97 Å². The number of likely N-dealkylation sites (N-methyl/N-ethyl adjacent to an activating group) is 1. The Morgan fingerprint density at radius 2 is 1.96 bits per heavy atom. The SMILES string of the molecule is CC(c1ccccc1)N(C)C(=O)COC(=O)C1=Cc2cc(Cl)ccc2OC1. The largest absolute Gasteiger partial charge is 0.488 e. The van der Waals surface area contributed by atoms with Crippen LogP contribution >= 0.6 is 11.6 Å². The average Bonchev–Trinajstić information content (AvgIpc) is 2.70. The molecule has 6 heteroatoms. The molecule has 1 heterocycles. The number of amides is 1. The van der Waals surface area contributed by atoms with E-state index in [-0.39, 0.29) is 25.2 Å². The molecule has 0 bridgehead atoms. The average molecular weight is 386 g/mol. The van der Waals surface area contributed by atoms with Gasteiger partial charge in [-0.2, -0.15) is 0 Å². The molecule has 2 aromatic carbocycles. The van der Waals surface area contributed by atoms with Gasteiger partial charge in [0.15, 0.2) is 6.61 Å². The number of carbonyl (C=O) groups is 2. The zero-order valence-corrected chi connectivity index (χ0v) is 15.9. The van der Waals surface area contributed by atoms with Gasteiger partial charge in [-0.05, 0) is 36.8 Å². The number of ether oxygens (including phenoxy) is 2. The quantitative estimate of drug-likeness (QED) is 0.733. The van der Waals surface area contributed by atoms with Crippen LogP contribution in [-0.2, 0) is 14.3 Å². The molecule has 1 unspecified atom stereocenters. The molecule has 27 heavy (non-hydrogen) atoms. The van der Waals surface area contributed by atoms with Crippen LogP contribution in [0.15, 0.2) is 54.1 Å². The number of rotatable bonds is 5. The number of nitrogens with zero attached hydrogens (tertiary/aromatic N) is 1. The molecule has 0 fully saturated rings. The Morgan fingerprint density at radius 3 is 2.70 bits per heavy atom. The van der Waals surface area contributed by atoms with Gasteiger partial charge in [-0.1, -0.05) is 41.9 Å². The smallest absolute Gasteiger partial charge is 0.338 e. The summed E-state index contributed by atoms with van der Waals surface area (Å²) in [5, 5.41) is 0.551. The maximum absolute atomic E-state index is 12.4. The lowest BCUT2D eigenvalue weighted by Gasteiger charge is -2.25. The van der Waals surface area contributed by atoms with Crippen LogP contribution < -0.4 is 4.74 Å². The third kappa shape index (κ3) is 4.49. The molecule has 1 aliphatic heterocycles. The normalized spacial score (nSPS) is 13.7. The Hall–Kier alpha value is -2.79. The van der Waals surface area contributed by atoms with Crippen molar-refractivity contribution in [1.29, 1.82) is 0 Å². The van der Waals surface area contributed by atoms with Crippen LogP contribution in [0.3, 0.4) is 0 Å². The highest BCUT2D eigenvalue weighted by molar-refractivity contribution is 6.30. The molecule has 3 rings (SSSR count). The summed E-state index contributed by atoms with van der Waals surface area (Å²) >= 11 is 5.97. The predicted octanol–water partition coefficient (Wildman–Crippen LogP) is 3.88. The van der Waals surface area contributed by atoms with Crippen LogP contribution in [0.5, 0.6) is 5.75 Å². The zero-order chi connectivity index (χ0) is 19.4. The second-order valence-electron chi connectivity index (χ2n) is 6.31. The summed E-state index contributed by atoms with van der Waals surface area (Å²) in [5.41, 5.74) is 2.06. The van der Waals surface area contributed by atoms with Crippen molar-refractivity contribution in [2.75, 3.05) is 20.3 Å². The molecular formula is C21H20ClNO4. The third-order valence-corrected chi connectivity index (χ3v) is 4.77. The summed E-state index contributed by atoms with van der Waals surface area (Å²) in [5.74, 6) is -0.196. The van der Waals surface area contributed by atoms with E-state index in [0.29, 0.717) is 21.9 Å². The summed E-state index contributed by atoms with van der Waals surface area (Å²) < 4.78 is 10.7. The van der Waals surface area contributed by atoms with Gasteiger partial charge in [0.1, 0.15) is 12.4 Å². The first-order valence-corrected chi connectivity index (χ1v) is 8.94. The van der Waals surface area contributed by atoms with Crippen LogP contribution in [0.1, 0.15) is 24.1 Å². The minimum atomic E-state index is -0.574. The van der Waals surface area contributed by atoms with Crippen LogP contribution in [0.2, 0.25) is 5.02 Å². The van der Waals surface area contributed by atoms with E-state index in [1.807, 2.05) is 37.3 Å². The molecule has 0 aromatic heterocycles. The van der Waals surface area contributed by atoms with Gasteiger partial charge in [-0.25, -0.2) is 4.79 Å². The van der Waals surface area contributed by atoms with E-state index in [1.165, 1.54) is 0 Å². The summed E-state index contributed by atoms with van der Waals surface area (Å²) in [6, 6.07) is 14.7. The summed E-state index contributed by atoms with van der Waals surface area (Å²) in [6.07, 6.45) is 1.67. The Balaban J connectivity index is 1.59. The lowest BCUT2D eigenvalue weighted by Crippen LogP contribution is -2.34. The van der Waals surface area contributed by atoms with E-state index in [9.17, 15) is 9.59 Å². The van der Waals surface area contributed by atoms with Gasteiger partial charge in [0.05, 0.1) is 11.6 Å². The number of hydrogen-bond acceptors (Lipinski definition) is 4. The van der Waals surface area contributed by atoms with E-state index in [4.69, 9.17) is 21.1 Å². The minimum absolute atomic E-state index is 0.0952. The number of carbonyl (C=O) groups excluding carboxylic acids is 2. The zero-order valence-electron chi connectivity index (χ0n) is 15.1. The van der Waals surface area contributed by atoms with Crippen molar-refractivity contribution in [2.24, 2.45) is 0 Å². The molecule has 2 aromatic rings. The summed E-state index contributed by atoms with van der Waals surface area (Å²) in [6.45, 7) is 1.69. The Labute approximate surface area is 163 Å². The molecule has 1 aliphatic rings. The van der Waals surface area contributed by atoms with E-state index in [0.717, 1.165) is 5.56 Å². The number of esters is 1. The van der Waals surface area contributed by atoms with Gasteiger partial charge in [0.2, 0.25) is 0 Å². The summed E-state index contributed by atoms with van der Waals surface area (Å²) in [7, 11) is 1.69. The number of fused-ring (bicyclic) bond motifs is 1. The van der Waals surface area contributed by atoms with E-state index in [1.54, 1.807) is 36.2 Å². The van der Waals surface area contributed by atoms with E-state index < -0.39 is 5.97 Å². The fraction of sp³-hybridized carbons (Fsp3) is 0.238. The van der Waals surface area contributed by atoms with Gasteiger partial charge in [-0.3, -0.25) is 4.79 Å². The van der Waals surface area contributed by atoms with Crippen molar-refractivity contribution in [3.8, 4) is 5.75 Å². The van der Waals surface area contributed by atoms with Crippen LogP contribution in [-0.4, -0.2) is 37.0 Å². The van der Waals surface area contributed by atoms with Gasteiger partial charge in [0, 0.05) is 17.6 Å². The molecule has 0 saturated carbocycles. The second-order valence-corrected chi connectivity index (χ2v) is 6.74. The highest BCUT2D eigenvalue weighted by Gasteiger charge is 2.22. The standard InChI is InChI=1S/C21H20ClNO4/c1-14(15-6-4-3-5-7-15)23(2)20(24)13-27-21(25)17-10-16-11-18(22)8-9-19(16)26-12-17/h3-11,14H,12-13H2,1-2H3. The molecule has 0 radical (unpaired) electrons. The number of benzene rings is 2. The van der Waals surface area contributed by atoms with Gasteiger partial charge < -0.3 is 14.4 Å². The monoisotopic (exact) mass is 385 g/mol. The van der Waals surface area contributed by atoms with Crippen LogP contribution in [0, 0.1) is 0 Å². The van der Waals surface area contributed by atoms with Crippen molar-refractivity contribution in [3.63, 3.8) is 0 Å². The van der Waals surface area contributed by atoms with Crippen LogP contribution in [0.25, 0.3) is 6.08 Å². The molecule has 5 nitrogen and oxygen atoms in total. The first-order chi connectivity index (χ1) is 13.0. The lowest BCUT2D eigenvalue weighted by molar-refractivity contribution is -0.149. The molecule has 0 aliphatic carbocycles. The van der Waals surface area contributed by atoms with E-state index >= 15 is 0 Å². The van der Waals surface area contributed by atoms with Gasteiger partial charge in [-0.15, -0.1) is 0 Å². The van der Waals surface area contributed by atoms with Crippen molar-refractivity contribution in [1.82, 2.24) is 4.90 Å². The fourth-order valence-corrected chi connectivity index (χ4v) is 2.94.